The van der Waals surface area contributed by atoms with Gasteiger partial charge in [0.1, 0.15) is 0 Å². The van der Waals surface area contributed by atoms with E-state index in [1.807, 2.05) is 36.4 Å². The maximum absolute atomic E-state index is 11.6. The second kappa shape index (κ2) is 7.91. The van der Waals surface area contributed by atoms with E-state index in [0.29, 0.717) is 23.0 Å². The molecule has 1 N–H and O–H groups in total. The Balaban J connectivity index is 1.70. The van der Waals surface area contributed by atoms with Crippen LogP contribution in [0.2, 0.25) is 10.0 Å². The highest BCUT2D eigenvalue weighted by Gasteiger charge is 2.04. The molecule has 0 atom stereocenters. The molecular formula is C16H15Cl2NO2. The van der Waals surface area contributed by atoms with Crippen LogP contribution >= 0.6 is 23.2 Å². The number of amides is 1. The molecule has 2 aromatic rings. The summed E-state index contributed by atoms with van der Waals surface area (Å²) in [5, 5.41) is 4.03. The highest BCUT2D eigenvalue weighted by molar-refractivity contribution is 6.31. The largest absolute Gasteiger partial charge is 0.449 e. The molecule has 2 aromatic carbocycles. The number of rotatable bonds is 5. The molecule has 0 heterocycles. The Labute approximate surface area is 133 Å². The minimum Gasteiger partial charge on any atom is -0.449 e. The van der Waals surface area contributed by atoms with Gasteiger partial charge in [0.25, 0.3) is 0 Å². The minimum atomic E-state index is -0.447. The van der Waals surface area contributed by atoms with Gasteiger partial charge in [0.05, 0.1) is 6.61 Å². The van der Waals surface area contributed by atoms with E-state index in [1.54, 1.807) is 12.1 Å². The zero-order chi connectivity index (χ0) is 15.1. The Bertz CT molecular complexity index is 599. The van der Waals surface area contributed by atoms with Gasteiger partial charge in [-0.15, -0.1) is 0 Å². The molecule has 3 nitrogen and oxygen atoms in total. The predicted molar refractivity (Wildman–Crippen MR) is 84.8 cm³/mol. The molecule has 5 heteroatoms. The monoisotopic (exact) mass is 323 g/mol. The molecule has 0 aliphatic rings. The van der Waals surface area contributed by atoms with E-state index in [1.165, 1.54) is 0 Å². The highest BCUT2D eigenvalue weighted by Crippen LogP contribution is 2.15. The zero-order valence-electron chi connectivity index (χ0n) is 11.3. The van der Waals surface area contributed by atoms with Gasteiger partial charge in [0.15, 0.2) is 0 Å². The summed E-state index contributed by atoms with van der Waals surface area (Å²) in [5.74, 6) is 0. The van der Waals surface area contributed by atoms with Crippen molar-refractivity contribution in [3.05, 3.63) is 69.7 Å². The predicted octanol–water partition coefficient (Wildman–Crippen LogP) is 4.46. The molecule has 0 aromatic heterocycles. The summed E-state index contributed by atoms with van der Waals surface area (Å²) >= 11 is 11.8. The van der Waals surface area contributed by atoms with Gasteiger partial charge in [-0.25, -0.2) is 4.79 Å². The van der Waals surface area contributed by atoms with Crippen LogP contribution in [0.3, 0.4) is 0 Å². The van der Waals surface area contributed by atoms with E-state index in [2.05, 4.69) is 5.32 Å². The number of hydrogen-bond acceptors (Lipinski definition) is 2. The second-order valence-corrected chi connectivity index (χ2v) is 5.30. The van der Waals surface area contributed by atoms with E-state index in [0.717, 1.165) is 11.1 Å². The number of carbonyl (C=O) groups excluding carboxylic acids is 1. The van der Waals surface area contributed by atoms with Crippen LogP contribution in [-0.2, 0) is 17.7 Å². The Hall–Kier alpha value is -1.71. The molecule has 2 rings (SSSR count). The van der Waals surface area contributed by atoms with Crippen molar-refractivity contribution in [1.82, 2.24) is 5.32 Å². The molecule has 0 fully saturated rings. The van der Waals surface area contributed by atoms with Gasteiger partial charge in [-0.3, -0.25) is 0 Å². The normalized spacial score (nSPS) is 10.2. The lowest BCUT2D eigenvalue weighted by atomic mass is 10.2. The average Bonchev–Trinajstić information content (AvgIpc) is 2.49. The standard InChI is InChI=1S/C16H15Cl2NO2/c17-14-7-5-12(6-8-14)11-19-16(20)21-10-9-13-3-1-2-4-15(13)18/h1-8H,9-11H2,(H,19,20). The Morgan fingerprint density at radius 3 is 2.48 bits per heavy atom. The van der Waals surface area contributed by atoms with Crippen LogP contribution in [-0.4, -0.2) is 12.7 Å². The van der Waals surface area contributed by atoms with Crippen molar-refractivity contribution in [2.24, 2.45) is 0 Å². The first-order valence-corrected chi connectivity index (χ1v) is 7.29. The molecule has 0 saturated heterocycles. The molecule has 0 bridgehead atoms. The molecule has 21 heavy (non-hydrogen) atoms. The average molecular weight is 324 g/mol. The molecule has 0 radical (unpaired) electrons. The SMILES string of the molecule is O=C(NCc1ccc(Cl)cc1)OCCc1ccccc1Cl. The Kier molecular flexibility index (Phi) is 5.90. The number of carbonyl (C=O) groups is 1. The summed E-state index contributed by atoms with van der Waals surface area (Å²) in [6.45, 7) is 0.693. The first-order valence-electron chi connectivity index (χ1n) is 6.53. The van der Waals surface area contributed by atoms with E-state index in [4.69, 9.17) is 27.9 Å². The second-order valence-electron chi connectivity index (χ2n) is 4.46. The summed E-state index contributed by atoms with van der Waals surface area (Å²) in [7, 11) is 0. The Morgan fingerprint density at radius 2 is 1.76 bits per heavy atom. The van der Waals surface area contributed by atoms with Crippen LogP contribution in [0, 0.1) is 0 Å². The maximum Gasteiger partial charge on any atom is 0.407 e. The molecule has 0 saturated carbocycles. The Morgan fingerprint density at radius 1 is 1.05 bits per heavy atom. The van der Waals surface area contributed by atoms with Crippen molar-refractivity contribution in [1.29, 1.82) is 0 Å². The van der Waals surface area contributed by atoms with E-state index in [9.17, 15) is 4.79 Å². The van der Waals surface area contributed by atoms with Crippen LogP contribution in [0.4, 0.5) is 4.79 Å². The number of halogens is 2. The third-order valence-corrected chi connectivity index (χ3v) is 3.53. The lowest BCUT2D eigenvalue weighted by Crippen LogP contribution is -2.24. The quantitative estimate of drug-likeness (QED) is 0.882. The molecule has 0 spiro atoms. The third kappa shape index (κ3) is 5.29. The van der Waals surface area contributed by atoms with Crippen LogP contribution in [0.1, 0.15) is 11.1 Å². The van der Waals surface area contributed by atoms with Gasteiger partial charge in [-0.1, -0.05) is 53.5 Å². The van der Waals surface area contributed by atoms with Crippen molar-refractivity contribution in [2.45, 2.75) is 13.0 Å². The molecule has 0 aliphatic heterocycles. The van der Waals surface area contributed by atoms with Gasteiger partial charge >= 0.3 is 6.09 Å². The number of hydrogen-bond donors (Lipinski definition) is 1. The molecule has 1 amide bonds. The smallest absolute Gasteiger partial charge is 0.407 e. The number of benzene rings is 2. The summed E-state index contributed by atoms with van der Waals surface area (Å²) in [6, 6.07) is 14.8. The zero-order valence-corrected chi connectivity index (χ0v) is 12.8. The number of ether oxygens (including phenoxy) is 1. The van der Waals surface area contributed by atoms with Gasteiger partial charge in [-0.2, -0.15) is 0 Å². The van der Waals surface area contributed by atoms with Gasteiger partial charge in [-0.05, 0) is 29.3 Å². The summed E-state index contributed by atoms with van der Waals surface area (Å²) in [5.41, 5.74) is 1.92. The minimum absolute atomic E-state index is 0.288. The van der Waals surface area contributed by atoms with Gasteiger partial charge < -0.3 is 10.1 Å². The van der Waals surface area contributed by atoms with Crippen molar-refractivity contribution in [3.63, 3.8) is 0 Å². The van der Waals surface area contributed by atoms with Crippen LogP contribution < -0.4 is 5.32 Å². The first kappa shape index (κ1) is 15.7. The van der Waals surface area contributed by atoms with Crippen LogP contribution in [0.25, 0.3) is 0 Å². The summed E-state index contributed by atoms with van der Waals surface area (Å²) < 4.78 is 5.11. The van der Waals surface area contributed by atoms with Crippen molar-refractivity contribution in [3.8, 4) is 0 Å². The fourth-order valence-electron chi connectivity index (χ4n) is 1.78. The van der Waals surface area contributed by atoms with Gasteiger partial charge in [0, 0.05) is 23.0 Å². The van der Waals surface area contributed by atoms with Crippen molar-refractivity contribution >= 4 is 29.3 Å². The first-order chi connectivity index (χ1) is 10.1. The highest BCUT2D eigenvalue weighted by atomic mass is 35.5. The third-order valence-electron chi connectivity index (χ3n) is 2.91. The molecule has 0 aliphatic carbocycles. The topological polar surface area (TPSA) is 38.3 Å². The lowest BCUT2D eigenvalue weighted by molar-refractivity contribution is 0.147. The van der Waals surface area contributed by atoms with E-state index in [-0.39, 0.29) is 6.61 Å². The van der Waals surface area contributed by atoms with E-state index < -0.39 is 6.09 Å². The fraction of sp³-hybridized carbons (Fsp3) is 0.188. The maximum atomic E-state index is 11.6. The van der Waals surface area contributed by atoms with Crippen molar-refractivity contribution in [2.75, 3.05) is 6.61 Å². The molecule has 110 valence electrons. The fourth-order valence-corrected chi connectivity index (χ4v) is 2.14. The van der Waals surface area contributed by atoms with E-state index >= 15 is 0 Å². The summed E-state index contributed by atoms with van der Waals surface area (Å²) in [4.78, 5) is 11.6. The van der Waals surface area contributed by atoms with Gasteiger partial charge in [0.2, 0.25) is 0 Å². The van der Waals surface area contributed by atoms with Crippen LogP contribution in [0.5, 0.6) is 0 Å². The lowest BCUT2D eigenvalue weighted by Gasteiger charge is -2.08. The van der Waals surface area contributed by atoms with Crippen LogP contribution in [0.15, 0.2) is 48.5 Å². The summed E-state index contributed by atoms with van der Waals surface area (Å²) in [6.07, 6.45) is 0.144. The number of alkyl carbamates (subject to hydrolysis) is 1. The van der Waals surface area contributed by atoms with Crippen molar-refractivity contribution < 1.29 is 9.53 Å². The molecule has 0 unspecified atom stereocenters. The number of nitrogens with one attached hydrogen (secondary N) is 1. The molecular weight excluding hydrogens is 309 g/mol.